The predicted octanol–water partition coefficient (Wildman–Crippen LogP) is 3.16. The minimum Gasteiger partial charge on any atom is -0.348 e. The highest BCUT2D eigenvalue weighted by molar-refractivity contribution is 5.82. The number of nitrogens with one attached hydrogen (secondary N) is 1. The molecule has 3 rings (SSSR count). The topological polar surface area (TPSA) is 51.1 Å². The molecule has 6 heteroatoms. The van der Waals surface area contributed by atoms with E-state index in [2.05, 4.69) is 5.32 Å². The number of nitrogens with zero attached hydrogens (tertiary/aromatic N) is 1. The normalized spacial score (nSPS) is 12.1. The van der Waals surface area contributed by atoms with Crippen molar-refractivity contribution in [3.05, 3.63) is 82.1 Å². The summed E-state index contributed by atoms with van der Waals surface area (Å²) in [4.78, 5) is 24.1. The fourth-order valence-electron chi connectivity index (χ4n) is 2.70. The Labute approximate surface area is 142 Å². The van der Waals surface area contributed by atoms with Gasteiger partial charge in [-0.15, -0.1) is 0 Å². The van der Waals surface area contributed by atoms with Crippen LogP contribution >= 0.6 is 0 Å². The first-order valence-corrected chi connectivity index (χ1v) is 7.77. The Morgan fingerprint density at radius 2 is 1.76 bits per heavy atom. The van der Waals surface area contributed by atoms with Crippen LogP contribution in [0.5, 0.6) is 0 Å². The van der Waals surface area contributed by atoms with Crippen molar-refractivity contribution in [1.29, 1.82) is 0 Å². The molecule has 0 saturated carbocycles. The standard InChI is InChI=1S/C19H16F2N2O2/c1-12(13-2-4-14(20)5-3-13)22-19(25)11-23-9-8-18(24)16-10-15(21)6-7-17(16)23/h2-10,12H,11H2,1H3,(H,22,25)/t12-/m1/s1. The van der Waals surface area contributed by atoms with Crippen molar-refractivity contribution in [3.63, 3.8) is 0 Å². The number of carbonyl (C=O) groups excluding carboxylic acids is 1. The Morgan fingerprint density at radius 1 is 1.08 bits per heavy atom. The van der Waals surface area contributed by atoms with Crippen LogP contribution in [0, 0.1) is 11.6 Å². The second kappa shape index (κ2) is 6.84. The van der Waals surface area contributed by atoms with E-state index in [0.29, 0.717) is 5.52 Å². The maximum atomic E-state index is 13.3. The van der Waals surface area contributed by atoms with Gasteiger partial charge in [0.2, 0.25) is 5.91 Å². The van der Waals surface area contributed by atoms with Gasteiger partial charge in [0.1, 0.15) is 18.2 Å². The molecule has 3 aromatic rings. The fourth-order valence-corrected chi connectivity index (χ4v) is 2.70. The quantitative estimate of drug-likeness (QED) is 0.792. The number of benzene rings is 2. The number of amides is 1. The van der Waals surface area contributed by atoms with Gasteiger partial charge in [0.05, 0.1) is 11.6 Å². The molecule has 128 valence electrons. The lowest BCUT2D eigenvalue weighted by atomic mass is 10.1. The number of hydrogen-bond acceptors (Lipinski definition) is 2. The van der Waals surface area contributed by atoms with Crippen molar-refractivity contribution < 1.29 is 13.6 Å². The van der Waals surface area contributed by atoms with Gasteiger partial charge in [0.25, 0.3) is 0 Å². The molecule has 2 aromatic carbocycles. The molecule has 0 spiro atoms. The number of pyridine rings is 1. The first-order valence-electron chi connectivity index (χ1n) is 7.77. The third kappa shape index (κ3) is 3.74. The molecule has 4 nitrogen and oxygen atoms in total. The van der Waals surface area contributed by atoms with E-state index >= 15 is 0 Å². The molecule has 0 unspecified atom stereocenters. The van der Waals surface area contributed by atoms with Gasteiger partial charge in [-0.3, -0.25) is 9.59 Å². The Hall–Kier alpha value is -3.02. The van der Waals surface area contributed by atoms with Crippen LogP contribution in [0.4, 0.5) is 8.78 Å². The van der Waals surface area contributed by atoms with Crippen molar-refractivity contribution in [2.45, 2.75) is 19.5 Å². The van der Waals surface area contributed by atoms with Crippen LogP contribution in [0.15, 0.2) is 59.5 Å². The summed E-state index contributed by atoms with van der Waals surface area (Å²) in [5.41, 5.74) is 0.964. The van der Waals surface area contributed by atoms with E-state index in [1.807, 2.05) is 0 Å². The van der Waals surface area contributed by atoms with Crippen LogP contribution in [-0.4, -0.2) is 10.5 Å². The highest BCUT2D eigenvalue weighted by Crippen LogP contribution is 2.14. The van der Waals surface area contributed by atoms with Crippen molar-refractivity contribution in [3.8, 4) is 0 Å². The molecular weight excluding hydrogens is 326 g/mol. The molecule has 1 N–H and O–H groups in total. The summed E-state index contributed by atoms with van der Waals surface area (Å²) >= 11 is 0. The van der Waals surface area contributed by atoms with E-state index in [4.69, 9.17) is 0 Å². The number of fused-ring (bicyclic) bond motifs is 1. The zero-order chi connectivity index (χ0) is 18.0. The molecule has 0 fully saturated rings. The third-order valence-corrected chi connectivity index (χ3v) is 4.00. The highest BCUT2D eigenvalue weighted by atomic mass is 19.1. The van der Waals surface area contributed by atoms with Crippen LogP contribution in [0.25, 0.3) is 10.9 Å². The zero-order valence-electron chi connectivity index (χ0n) is 13.5. The summed E-state index contributed by atoms with van der Waals surface area (Å²) in [5, 5.41) is 3.04. The van der Waals surface area contributed by atoms with Crippen LogP contribution in [0.2, 0.25) is 0 Å². The summed E-state index contributed by atoms with van der Waals surface area (Å²) in [5.74, 6) is -1.11. The fraction of sp³-hybridized carbons (Fsp3) is 0.158. The first-order chi connectivity index (χ1) is 11.9. The summed E-state index contributed by atoms with van der Waals surface area (Å²) in [6, 6.07) is 10.8. The zero-order valence-corrected chi connectivity index (χ0v) is 13.5. The van der Waals surface area contributed by atoms with E-state index < -0.39 is 5.82 Å². The SMILES string of the molecule is C[C@@H](NC(=O)Cn1ccc(=O)c2cc(F)ccc21)c1ccc(F)cc1. The number of rotatable bonds is 4. The van der Waals surface area contributed by atoms with Crippen LogP contribution < -0.4 is 10.7 Å². The molecule has 0 aliphatic rings. The van der Waals surface area contributed by atoms with Gasteiger partial charge in [0, 0.05) is 17.6 Å². The van der Waals surface area contributed by atoms with E-state index in [1.165, 1.54) is 36.5 Å². The largest absolute Gasteiger partial charge is 0.348 e. The van der Waals surface area contributed by atoms with Crippen molar-refractivity contribution in [2.75, 3.05) is 0 Å². The lowest BCUT2D eigenvalue weighted by molar-refractivity contribution is -0.122. The van der Waals surface area contributed by atoms with E-state index in [-0.39, 0.29) is 35.1 Å². The molecule has 1 aromatic heterocycles. The minimum absolute atomic E-state index is 0.0199. The van der Waals surface area contributed by atoms with E-state index in [9.17, 15) is 18.4 Å². The molecule has 0 bridgehead atoms. The second-order valence-electron chi connectivity index (χ2n) is 5.81. The molecule has 1 atom stereocenters. The molecule has 1 heterocycles. The average molecular weight is 342 g/mol. The van der Waals surface area contributed by atoms with Crippen molar-refractivity contribution in [2.24, 2.45) is 0 Å². The molecule has 25 heavy (non-hydrogen) atoms. The smallest absolute Gasteiger partial charge is 0.240 e. The molecule has 0 aliphatic heterocycles. The van der Waals surface area contributed by atoms with Gasteiger partial charge in [-0.05, 0) is 42.8 Å². The number of hydrogen-bond donors (Lipinski definition) is 1. The van der Waals surface area contributed by atoms with Crippen LogP contribution in [-0.2, 0) is 11.3 Å². The predicted molar refractivity (Wildman–Crippen MR) is 91.1 cm³/mol. The molecule has 0 aliphatic carbocycles. The van der Waals surface area contributed by atoms with Crippen molar-refractivity contribution >= 4 is 16.8 Å². The molecule has 0 radical (unpaired) electrons. The second-order valence-corrected chi connectivity index (χ2v) is 5.81. The van der Waals surface area contributed by atoms with Gasteiger partial charge in [-0.25, -0.2) is 8.78 Å². The van der Waals surface area contributed by atoms with Gasteiger partial charge in [-0.1, -0.05) is 12.1 Å². The molecule has 1 amide bonds. The van der Waals surface area contributed by atoms with Gasteiger partial charge >= 0.3 is 0 Å². The lowest BCUT2D eigenvalue weighted by Crippen LogP contribution is -2.30. The number of aromatic nitrogens is 1. The Morgan fingerprint density at radius 3 is 2.48 bits per heavy atom. The first kappa shape index (κ1) is 16.8. The average Bonchev–Trinajstić information content (AvgIpc) is 2.58. The summed E-state index contributed by atoms with van der Waals surface area (Å²) in [7, 11) is 0. The van der Waals surface area contributed by atoms with E-state index in [1.54, 1.807) is 23.6 Å². The lowest BCUT2D eigenvalue weighted by Gasteiger charge is -2.16. The monoisotopic (exact) mass is 342 g/mol. The number of carbonyl (C=O) groups is 1. The van der Waals surface area contributed by atoms with Crippen LogP contribution in [0.1, 0.15) is 18.5 Å². The number of halogens is 2. The summed E-state index contributed by atoms with van der Waals surface area (Å²) < 4.78 is 27.9. The van der Waals surface area contributed by atoms with Crippen LogP contribution in [0.3, 0.4) is 0 Å². The Bertz CT molecular complexity index is 981. The highest BCUT2D eigenvalue weighted by Gasteiger charge is 2.12. The molecular formula is C19H16F2N2O2. The molecule has 0 saturated heterocycles. The summed E-state index contributed by atoms with van der Waals surface area (Å²) in [6.45, 7) is 1.78. The maximum Gasteiger partial charge on any atom is 0.240 e. The van der Waals surface area contributed by atoms with Crippen molar-refractivity contribution in [1.82, 2.24) is 9.88 Å². The maximum absolute atomic E-state index is 13.3. The summed E-state index contributed by atoms with van der Waals surface area (Å²) in [6.07, 6.45) is 1.50. The Kier molecular flexibility index (Phi) is 4.61. The van der Waals surface area contributed by atoms with Gasteiger partial charge < -0.3 is 9.88 Å². The Balaban J connectivity index is 1.79. The van der Waals surface area contributed by atoms with E-state index in [0.717, 1.165) is 11.6 Å². The van der Waals surface area contributed by atoms with Gasteiger partial charge in [0.15, 0.2) is 5.43 Å². The third-order valence-electron chi connectivity index (χ3n) is 4.00. The van der Waals surface area contributed by atoms with Gasteiger partial charge in [-0.2, -0.15) is 0 Å². The minimum atomic E-state index is -0.503.